The van der Waals surface area contributed by atoms with Gasteiger partial charge in [-0.25, -0.2) is 4.98 Å². The van der Waals surface area contributed by atoms with Gasteiger partial charge < -0.3 is 4.52 Å². The van der Waals surface area contributed by atoms with Crippen LogP contribution in [0.3, 0.4) is 0 Å². The highest BCUT2D eigenvalue weighted by Gasteiger charge is 2.06. The van der Waals surface area contributed by atoms with E-state index in [4.69, 9.17) is 4.52 Å². The number of hydrogen-bond acceptors (Lipinski definition) is 5. The van der Waals surface area contributed by atoms with E-state index in [1.165, 1.54) is 11.0 Å². The van der Waals surface area contributed by atoms with Crippen molar-refractivity contribution in [3.8, 4) is 11.5 Å². The zero-order valence-corrected chi connectivity index (χ0v) is 8.78. The molecule has 0 bridgehead atoms. The van der Waals surface area contributed by atoms with Gasteiger partial charge >= 0.3 is 0 Å². The van der Waals surface area contributed by atoms with Gasteiger partial charge in [0.25, 0.3) is 5.89 Å². The van der Waals surface area contributed by atoms with Gasteiger partial charge in [-0.2, -0.15) is 4.98 Å². The zero-order valence-electron chi connectivity index (χ0n) is 7.97. The van der Waals surface area contributed by atoms with Crippen LogP contribution in [-0.2, 0) is 0 Å². The van der Waals surface area contributed by atoms with Crippen LogP contribution in [0, 0.1) is 6.92 Å². The number of aromatic nitrogens is 3. The fourth-order valence-electron chi connectivity index (χ4n) is 1.48. The van der Waals surface area contributed by atoms with E-state index in [0.29, 0.717) is 5.89 Å². The van der Waals surface area contributed by atoms with Crippen LogP contribution in [0.2, 0.25) is 0 Å². The summed E-state index contributed by atoms with van der Waals surface area (Å²) in [4.78, 5) is 8.41. The Morgan fingerprint density at radius 1 is 1.33 bits per heavy atom. The second kappa shape index (κ2) is 3.13. The van der Waals surface area contributed by atoms with Crippen molar-refractivity contribution >= 4 is 21.6 Å². The van der Waals surface area contributed by atoms with Gasteiger partial charge in [0.05, 0.1) is 15.2 Å². The summed E-state index contributed by atoms with van der Waals surface area (Å²) < 4.78 is 6.17. The van der Waals surface area contributed by atoms with E-state index in [9.17, 15) is 0 Å². The van der Waals surface area contributed by atoms with Crippen molar-refractivity contribution in [3.63, 3.8) is 0 Å². The smallest absolute Gasteiger partial charge is 0.257 e. The van der Waals surface area contributed by atoms with Gasteiger partial charge in [-0.15, -0.1) is 11.3 Å². The Hall–Kier alpha value is -1.75. The molecule has 0 amide bonds. The van der Waals surface area contributed by atoms with Gasteiger partial charge in [-0.05, 0) is 25.1 Å². The molecule has 0 unspecified atom stereocenters. The number of hydrogen-bond donors (Lipinski definition) is 0. The first-order valence-corrected chi connectivity index (χ1v) is 5.29. The van der Waals surface area contributed by atoms with Crippen molar-refractivity contribution in [1.82, 2.24) is 15.1 Å². The molecule has 0 fully saturated rings. The van der Waals surface area contributed by atoms with Crippen LogP contribution in [0.4, 0.5) is 0 Å². The fourth-order valence-corrected chi connectivity index (χ4v) is 2.28. The Morgan fingerprint density at radius 3 is 3.07 bits per heavy atom. The minimum Gasteiger partial charge on any atom is -0.334 e. The molecule has 0 N–H and O–H groups in total. The third-order valence-electron chi connectivity index (χ3n) is 2.10. The lowest BCUT2D eigenvalue weighted by molar-refractivity contribution is 0.430. The molecule has 15 heavy (non-hydrogen) atoms. The molecule has 1 aromatic carbocycles. The van der Waals surface area contributed by atoms with E-state index >= 15 is 0 Å². The molecule has 4 nitrogen and oxygen atoms in total. The molecule has 2 aromatic heterocycles. The number of fused-ring (bicyclic) bond motifs is 1. The molecule has 2 heterocycles. The summed E-state index contributed by atoms with van der Waals surface area (Å²) in [6.07, 6.45) is 1.39. The lowest BCUT2D eigenvalue weighted by Gasteiger charge is -1.92. The van der Waals surface area contributed by atoms with E-state index in [2.05, 4.69) is 15.1 Å². The molecular formula is C10H7N3OS. The van der Waals surface area contributed by atoms with Gasteiger partial charge in [0.2, 0.25) is 0 Å². The number of aryl methyl sites for hydroxylation is 1. The molecule has 3 aromatic rings. The largest absolute Gasteiger partial charge is 0.334 e. The summed E-state index contributed by atoms with van der Waals surface area (Å²) in [7, 11) is 0. The van der Waals surface area contributed by atoms with E-state index in [1.807, 2.05) is 25.1 Å². The Morgan fingerprint density at radius 2 is 2.27 bits per heavy atom. The van der Waals surface area contributed by atoms with Crippen molar-refractivity contribution in [2.45, 2.75) is 6.92 Å². The standard InChI is InChI=1S/C10H7N3OS/c1-6-13-8-4-7(2-3-9(8)15-6)10-11-5-12-14-10/h2-5H,1H3. The minimum absolute atomic E-state index is 0.530. The first-order chi connectivity index (χ1) is 7.33. The maximum Gasteiger partial charge on any atom is 0.257 e. The number of rotatable bonds is 1. The second-order valence-electron chi connectivity index (χ2n) is 3.16. The molecule has 0 aliphatic heterocycles. The Kier molecular flexibility index (Phi) is 1.78. The second-order valence-corrected chi connectivity index (χ2v) is 4.40. The maximum atomic E-state index is 4.99. The molecule has 0 aliphatic carbocycles. The molecular weight excluding hydrogens is 210 g/mol. The number of benzene rings is 1. The molecule has 0 spiro atoms. The van der Waals surface area contributed by atoms with Gasteiger partial charge in [0, 0.05) is 5.56 Å². The van der Waals surface area contributed by atoms with Gasteiger partial charge in [0.1, 0.15) is 0 Å². The minimum atomic E-state index is 0.530. The predicted octanol–water partition coefficient (Wildman–Crippen LogP) is 2.65. The Labute approximate surface area is 89.6 Å². The molecule has 74 valence electrons. The summed E-state index contributed by atoms with van der Waals surface area (Å²) in [5.41, 5.74) is 1.89. The van der Waals surface area contributed by atoms with E-state index < -0.39 is 0 Å². The lowest BCUT2D eigenvalue weighted by atomic mass is 10.2. The van der Waals surface area contributed by atoms with Crippen molar-refractivity contribution < 1.29 is 4.52 Å². The molecule has 0 saturated carbocycles. The van der Waals surface area contributed by atoms with Crippen LogP contribution < -0.4 is 0 Å². The van der Waals surface area contributed by atoms with Crippen LogP contribution in [-0.4, -0.2) is 15.1 Å². The molecule has 5 heteroatoms. The molecule has 3 rings (SSSR count). The lowest BCUT2D eigenvalue weighted by Crippen LogP contribution is -1.77. The first kappa shape index (κ1) is 8.55. The predicted molar refractivity (Wildman–Crippen MR) is 57.6 cm³/mol. The van der Waals surface area contributed by atoms with Crippen LogP contribution >= 0.6 is 11.3 Å². The first-order valence-electron chi connectivity index (χ1n) is 4.47. The third-order valence-corrected chi connectivity index (χ3v) is 3.05. The van der Waals surface area contributed by atoms with Gasteiger partial charge in [-0.1, -0.05) is 5.16 Å². The van der Waals surface area contributed by atoms with Crippen LogP contribution in [0.15, 0.2) is 29.0 Å². The number of nitrogens with zero attached hydrogens (tertiary/aromatic N) is 3. The van der Waals surface area contributed by atoms with Crippen molar-refractivity contribution in [2.75, 3.05) is 0 Å². The molecule has 0 atom stereocenters. The summed E-state index contributed by atoms with van der Waals surface area (Å²) in [6.45, 7) is 2.00. The Bertz CT molecular complexity index is 600. The highest BCUT2D eigenvalue weighted by molar-refractivity contribution is 7.18. The van der Waals surface area contributed by atoms with Crippen molar-refractivity contribution in [1.29, 1.82) is 0 Å². The van der Waals surface area contributed by atoms with Crippen molar-refractivity contribution in [3.05, 3.63) is 29.5 Å². The molecule has 0 radical (unpaired) electrons. The van der Waals surface area contributed by atoms with E-state index in [0.717, 1.165) is 16.1 Å². The number of thiazole rings is 1. The van der Waals surface area contributed by atoms with E-state index in [-0.39, 0.29) is 0 Å². The van der Waals surface area contributed by atoms with Crippen LogP contribution in [0.25, 0.3) is 21.7 Å². The SMILES string of the molecule is Cc1nc2cc(-c3ncno3)ccc2s1. The Balaban J connectivity index is 2.21. The summed E-state index contributed by atoms with van der Waals surface area (Å²) >= 11 is 1.68. The summed E-state index contributed by atoms with van der Waals surface area (Å²) in [5, 5.41) is 4.64. The zero-order chi connectivity index (χ0) is 10.3. The molecule has 0 aliphatic rings. The fraction of sp³-hybridized carbons (Fsp3) is 0.100. The monoisotopic (exact) mass is 217 g/mol. The van der Waals surface area contributed by atoms with Gasteiger partial charge in [0.15, 0.2) is 6.33 Å². The average Bonchev–Trinajstić information content (AvgIpc) is 2.82. The highest BCUT2D eigenvalue weighted by atomic mass is 32.1. The molecule has 0 saturated heterocycles. The highest BCUT2D eigenvalue weighted by Crippen LogP contribution is 2.26. The third kappa shape index (κ3) is 1.41. The summed E-state index contributed by atoms with van der Waals surface area (Å²) in [5.74, 6) is 0.530. The topological polar surface area (TPSA) is 51.8 Å². The van der Waals surface area contributed by atoms with Gasteiger partial charge in [-0.3, -0.25) is 0 Å². The van der Waals surface area contributed by atoms with Crippen LogP contribution in [0.1, 0.15) is 5.01 Å². The van der Waals surface area contributed by atoms with Crippen LogP contribution in [0.5, 0.6) is 0 Å². The van der Waals surface area contributed by atoms with Crippen molar-refractivity contribution in [2.24, 2.45) is 0 Å². The quantitative estimate of drug-likeness (QED) is 0.628. The normalized spacial score (nSPS) is 11.0. The maximum absolute atomic E-state index is 4.99. The average molecular weight is 217 g/mol. The summed E-state index contributed by atoms with van der Waals surface area (Å²) in [6, 6.07) is 5.96. The van der Waals surface area contributed by atoms with E-state index in [1.54, 1.807) is 11.3 Å².